The highest BCUT2D eigenvalue weighted by Gasteiger charge is 2.26. The van der Waals surface area contributed by atoms with Gasteiger partial charge in [-0.05, 0) is 46.6 Å². The quantitative estimate of drug-likeness (QED) is 0.888. The Morgan fingerprint density at radius 2 is 2.15 bits per heavy atom. The average molecular weight is 332 g/mol. The molecular weight excluding hydrogens is 318 g/mol. The molecule has 1 amide bonds. The Balaban J connectivity index is 1.71. The summed E-state index contributed by atoms with van der Waals surface area (Å²) in [6.07, 6.45) is 0.706. The summed E-state index contributed by atoms with van der Waals surface area (Å²) in [7, 11) is 0. The van der Waals surface area contributed by atoms with E-state index >= 15 is 0 Å². The van der Waals surface area contributed by atoms with Gasteiger partial charge in [0, 0.05) is 16.6 Å². The molecular formula is C15H14BrN3O. The van der Waals surface area contributed by atoms with Gasteiger partial charge in [-0.1, -0.05) is 18.2 Å². The molecule has 0 spiro atoms. The van der Waals surface area contributed by atoms with Crippen molar-refractivity contribution in [2.45, 2.75) is 19.4 Å². The molecule has 0 saturated heterocycles. The lowest BCUT2D eigenvalue weighted by Crippen LogP contribution is -2.33. The topological polar surface area (TPSA) is 54.0 Å². The highest BCUT2D eigenvalue weighted by atomic mass is 79.9. The number of aromatic nitrogens is 1. The number of aryl methyl sites for hydroxylation is 1. The summed E-state index contributed by atoms with van der Waals surface area (Å²) in [4.78, 5) is 16.6. The SMILES string of the molecule is Cc1nc(NC(=O)[C@@H]2Cc3ccccc3N2)ccc1Br. The van der Waals surface area contributed by atoms with E-state index in [1.165, 1.54) is 5.56 Å². The molecule has 0 radical (unpaired) electrons. The second kappa shape index (κ2) is 5.25. The lowest BCUT2D eigenvalue weighted by molar-refractivity contribution is -0.116. The minimum absolute atomic E-state index is 0.0598. The van der Waals surface area contributed by atoms with Crippen LogP contribution in [0.25, 0.3) is 0 Å². The van der Waals surface area contributed by atoms with Crippen molar-refractivity contribution in [3.8, 4) is 0 Å². The lowest BCUT2D eigenvalue weighted by atomic mass is 10.1. The van der Waals surface area contributed by atoms with Crippen LogP contribution in [0.3, 0.4) is 0 Å². The summed E-state index contributed by atoms with van der Waals surface area (Å²) >= 11 is 3.39. The number of benzene rings is 1. The molecule has 0 aliphatic carbocycles. The number of fused-ring (bicyclic) bond motifs is 1. The van der Waals surface area contributed by atoms with Gasteiger partial charge in [-0.2, -0.15) is 0 Å². The van der Waals surface area contributed by atoms with Crippen molar-refractivity contribution in [2.75, 3.05) is 10.6 Å². The number of nitrogens with one attached hydrogen (secondary N) is 2. The smallest absolute Gasteiger partial charge is 0.248 e. The zero-order valence-electron chi connectivity index (χ0n) is 11.0. The van der Waals surface area contributed by atoms with Gasteiger partial charge in [-0.15, -0.1) is 0 Å². The fraction of sp³-hybridized carbons (Fsp3) is 0.200. The van der Waals surface area contributed by atoms with Crippen molar-refractivity contribution in [2.24, 2.45) is 0 Å². The normalized spacial score (nSPS) is 16.4. The number of hydrogen-bond donors (Lipinski definition) is 2. The minimum Gasteiger partial charge on any atom is -0.373 e. The standard InChI is InChI=1S/C15H14BrN3O/c1-9-11(16)6-7-14(17-9)19-15(20)13-8-10-4-2-3-5-12(10)18-13/h2-7,13,18H,8H2,1H3,(H,17,19,20)/t13-/m0/s1. The van der Waals surface area contributed by atoms with Crippen LogP contribution >= 0.6 is 15.9 Å². The first-order valence-electron chi connectivity index (χ1n) is 6.42. The number of amides is 1. The fourth-order valence-corrected chi connectivity index (χ4v) is 2.50. The first-order valence-corrected chi connectivity index (χ1v) is 7.21. The molecule has 1 aromatic carbocycles. The monoisotopic (exact) mass is 331 g/mol. The number of pyridine rings is 1. The van der Waals surface area contributed by atoms with Gasteiger partial charge >= 0.3 is 0 Å². The number of carbonyl (C=O) groups is 1. The zero-order chi connectivity index (χ0) is 14.1. The molecule has 0 saturated carbocycles. The van der Waals surface area contributed by atoms with E-state index in [2.05, 4.69) is 31.5 Å². The van der Waals surface area contributed by atoms with Crippen LogP contribution in [0.2, 0.25) is 0 Å². The number of anilines is 2. The van der Waals surface area contributed by atoms with Gasteiger partial charge in [0.05, 0.1) is 5.69 Å². The largest absolute Gasteiger partial charge is 0.373 e. The number of carbonyl (C=O) groups excluding carboxylic acids is 1. The van der Waals surface area contributed by atoms with Gasteiger partial charge < -0.3 is 10.6 Å². The Morgan fingerprint density at radius 3 is 2.90 bits per heavy atom. The summed E-state index contributed by atoms with van der Waals surface area (Å²) in [5.41, 5.74) is 3.06. The number of nitrogens with zero attached hydrogens (tertiary/aromatic N) is 1. The molecule has 102 valence electrons. The van der Waals surface area contributed by atoms with Crippen LogP contribution in [-0.4, -0.2) is 16.9 Å². The number of para-hydroxylation sites is 1. The van der Waals surface area contributed by atoms with Gasteiger partial charge in [0.15, 0.2) is 0 Å². The van der Waals surface area contributed by atoms with Crippen LogP contribution in [0.5, 0.6) is 0 Å². The average Bonchev–Trinajstić information content (AvgIpc) is 2.87. The Bertz CT molecular complexity index is 647. The van der Waals surface area contributed by atoms with Gasteiger partial charge in [-0.25, -0.2) is 4.98 Å². The van der Waals surface area contributed by atoms with Gasteiger partial charge in [0.25, 0.3) is 0 Å². The third-order valence-corrected chi connectivity index (χ3v) is 4.20. The molecule has 1 atom stereocenters. The molecule has 0 fully saturated rings. The molecule has 2 heterocycles. The first-order chi connectivity index (χ1) is 9.63. The Kier molecular flexibility index (Phi) is 3.44. The second-order valence-electron chi connectivity index (χ2n) is 4.81. The van der Waals surface area contributed by atoms with E-state index < -0.39 is 0 Å². The number of hydrogen-bond acceptors (Lipinski definition) is 3. The third kappa shape index (κ3) is 2.54. The lowest BCUT2D eigenvalue weighted by Gasteiger charge is -2.12. The Labute approximate surface area is 125 Å². The predicted molar refractivity (Wildman–Crippen MR) is 82.9 cm³/mol. The molecule has 0 bridgehead atoms. The van der Waals surface area contributed by atoms with E-state index in [1.54, 1.807) is 6.07 Å². The summed E-state index contributed by atoms with van der Waals surface area (Å²) in [5, 5.41) is 6.08. The van der Waals surface area contributed by atoms with Crippen LogP contribution < -0.4 is 10.6 Å². The third-order valence-electron chi connectivity index (χ3n) is 3.36. The molecule has 1 aliphatic heterocycles. The van der Waals surface area contributed by atoms with E-state index in [0.717, 1.165) is 15.9 Å². The second-order valence-corrected chi connectivity index (χ2v) is 5.67. The zero-order valence-corrected chi connectivity index (χ0v) is 12.6. The summed E-state index contributed by atoms with van der Waals surface area (Å²) in [5.74, 6) is 0.517. The van der Waals surface area contributed by atoms with Crippen molar-refractivity contribution in [1.82, 2.24) is 4.98 Å². The maximum Gasteiger partial charge on any atom is 0.248 e. The summed E-state index contributed by atoms with van der Waals surface area (Å²) in [6.45, 7) is 1.89. The van der Waals surface area contributed by atoms with Crippen molar-refractivity contribution in [1.29, 1.82) is 0 Å². The molecule has 3 rings (SSSR count). The van der Waals surface area contributed by atoms with E-state index in [-0.39, 0.29) is 11.9 Å². The fourth-order valence-electron chi connectivity index (χ4n) is 2.28. The van der Waals surface area contributed by atoms with Gasteiger partial charge in [0.2, 0.25) is 5.91 Å². The van der Waals surface area contributed by atoms with Crippen LogP contribution in [0.1, 0.15) is 11.3 Å². The van der Waals surface area contributed by atoms with E-state index in [1.807, 2.05) is 37.3 Å². The van der Waals surface area contributed by atoms with Crippen molar-refractivity contribution in [3.63, 3.8) is 0 Å². The van der Waals surface area contributed by atoms with Crippen LogP contribution in [-0.2, 0) is 11.2 Å². The molecule has 2 aromatic rings. The van der Waals surface area contributed by atoms with E-state index in [4.69, 9.17) is 0 Å². The molecule has 5 heteroatoms. The van der Waals surface area contributed by atoms with Gasteiger partial charge in [-0.3, -0.25) is 4.79 Å². The van der Waals surface area contributed by atoms with Gasteiger partial charge in [0.1, 0.15) is 11.9 Å². The Morgan fingerprint density at radius 1 is 1.35 bits per heavy atom. The van der Waals surface area contributed by atoms with Crippen molar-refractivity contribution >= 4 is 33.3 Å². The maximum absolute atomic E-state index is 12.3. The summed E-state index contributed by atoms with van der Waals surface area (Å²) < 4.78 is 0.932. The molecule has 2 N–H and O–H groups in total. The van der Waals surface area contributed by atoms with Crippen molar-refractivity contribution in [3.05, 3.63) is 52.1 Å². The molecule has 1 aliphatic rings. The molecule has 20 heavy (non-hydrogen) atoms. The highest BCUT2D eigenvalue weighted by molar-refractivity contribution is 9.10. The predicted octanol–water partition coefficient (Wildman–Crippen LogP) is 3.13. The summed E-state index contributed by atoms with van der Waals surface area (Å²) in [6, 6.07) is 11.4. The number of halogens is 1. The van der Waals surface area contributed by atoms with Crippen molar-refractivity contribution < 1.29 is 4.79 Å². The molecule has 1 aromatic heterocycles. The van der Waals surface area contributed by atoms with Crippen LogP contribution in [0.15, 0.2) is 40.9 Å². The highest BCUT2D eigenvalue weighted by Crippen LogP contribution is 2.25. The van der Waals surface area contributed by atoms with Crippen LogP contribution in [0.4, 0.5) is 11.5 Å². The molecule has 4 nitrogen and oxygen atoms in total. The Hall–Kier alpha value is -1.88. The van der Waals surface area contributed by atoms with E-state index in [0.29, 0.717) is 12.2 Å². The van der Waals surface area contributed by atoms with Crippen LogP contribution in [0, 0.1) is 6.92 Å². The number of rotatable bonds is 2. The molecule has 0 unspecified atom stereocenters. The maximum atomic E-state index is 12.3. The first kappa shape index (κ1) is 13.1. The van der Waals surface area contributed by atoms with E-state index in [9.17, 15) is 4.79 Å². The minimum atomic E-state index is -0.238.